The van der Waals surface area contributed by atoms with Gasteiger partial charge in [0.15, 0.2) is 11.4 Å². The van der Waals surface area contributed by atoms with Crippen LogP contribution in [0.25, 0.3) is 0 Å². The maximum absolute atomic E-state index is 13.2. The molecule has 32 heavy (non-hydrogen) atoms. The minimum Gasteiger partial charge on any atom is -0.482 e. The summed E-state index contributed by atoms with van der Waals surface area (Å²) in [7, 11) is 0. The molecule has 0 spiro atoms. The molecule has 0 atom stereocenters. The number of hydrogen-bond donors (Lipinski definition) is 2. The second-order valence-corrected chi connectivity index (χ2v) is 8.92. The number of ether oxygens (including phenoxy) is 2. The highest BCUT2D eigenvalue weighted by Crippen LogP contribution is 2.20. The lowest BCUT2D eigenvalue weighted by molar-refractivity contribution is 0.0612. The van der Waals surface area contributed by atoms with Crippen LogP contribution in [0, 0.1) is 0 Å². The molecule has 1 heterocycles. The van der Waals surface area contributed by atoms with Crippen LogP contribution >= 0.6 is 0 Å². The van der Waals surface area contributed by atoms with E-state index >= 15 is 0 Å². The van der Waals surface area contributed by atoms with E-state index in [-0.39, 0.29) is 24.1 Å². The third kappa shape index (κ3) is 6.60. The van der Waals surface area contributed by atoms with Gasteiger partial charge in [0.2, 0.25) is 5.43 Å². The molecular weight excluding hydrogens is 410 g/mol. The maximum atomic E-state index is 13.2. The number of nitrogens with zero attached hydrogens (tertiary/aromatic N) is 1. The van der Waals surface area contributed by atoms with E-state index in [2.05, 4.69) is 10.7 Å². The number of nitrogens with one attached hydrogen (secondary N) is 2. The van der Waals surface area contributed by atoms with Crippen LogP contribution in [0.4, 0.5) is 4.79 Å². The molecule has 1 aromatic carbocycles. The highest BCUT2D eigenvalue weighted by molar-refractivity contribution is 5.96. The van der Waals surface area contributed by atoms with Gasteiger partial charge >= 0.3 is 6.09 Å². The molecule has 0 unspecified atom stereocenters. The molecule has 172 valence electrons. The Labute approximate surface area is 187 Å². The van der Waals surface area contributed by atoms with Crippen molar-refractivity contribution in [3.63, 3.8) is 0 Å². The molecule has 2 amide bonds. The van der Waals surface area contributed by atoms with E-state index in [4.69, 9.17) is 9.47 Å². The molecule has 3 rings (SSSR count). The van der Waals surface area contributed by atoms with Gasteiger partial charge in [0, 0.05) is 18.3 Å². The summed E-state index contributed by atoms with van der Waals surface area (Å²) in [6.45, 7) is 5.32. The van der Waals surface area contributed by atoms with E-state index < -0.39 is 23.0 Å². The SMILES string of the molecule is CC(C)(C)OC(=O)Nn1ccc(=O)c(OCc2ccccc2)c1C(=O)NC1CCCCC1. The maximum Gasteiger partial charge on any atom is 0.426 e. The largest absolute Gasteiger partial charge is 0.482 e. The zero-order chi connectivity index (χ0) is 23.1. The fourth-order valence-electron chi connectivity index (χ4n) is 3.59. The van der Waals surface area contributed by atoms with Crippen molar-refractivity contribution in [2.24, 2.45) is 0 Å². The van der Waals surface area contributed by atoms with E-state index in [9.17, 15) is 14.4 Å². The first-order chi connectivity index (χ1) is 15.2. The molecule has 8 heteroatoms. The van der Waals surface area contributed by atoms with Crippen molar-refractivity contribution in [1.82, 2.24) is 9.99 Å². The van der Waals surface area contributed by atoms with E-state index in [0.717, 1.165) is 37.7 Å². The van der Waals surface area contributed by atoms with Gasteiger partial charge in [-0.3, -0.25) is 9.59 Å². The number of aromatic nitrogens is 1. The molecular formula is C24H31N3O5. The molecule has 0 radical (unpaired) electrons. The predicted molar refractivity (Wildman–Crippen MR) is 121 cm³/mol. The molecule has 8 nitrogen and oxygen atoms in total. The number of carbonyl (C=O) groups excluding carboxylic acids is 2. The van der Waals surface area contributed by atoms with Gasteiger partial charge in [-0.25, -0.2) is 14.9 Å². The molecule has 0 bridgehead atoms. The lowest BCUT2D eigenvalue weighted by Crippen LogP contribution is -2.41. The van der Waals surface area contributed by atoms with Crippen molar-refractivity contribution in [2.75, 3.05) is 5.43 Å². The minimum absolute atomic E-state index is 0.0171. The lowest BCUT2D eigenvalue weighted by atomic mass is 9.95. The Bertz CT molecular complexity index is 989. The Morgan fingerprint density at radius 2 is 1.75 bits per heavy atom. The molecule has 1 aliphatic carbocycles. The number of benzene rings is 1. The summed E-state index contributed by atoms with van der Waals surface area (Å²) in [4.78, 5) is 38.3. The quantitative estimate of drug-likeness (QED) is 0.707. The predicted octanol–water partition coefficient (Wildman–Crippen LogP) is 3.97. The van der Waals surface area contributed by atoms with E-state index in [1.165, 1.54) is 16.9 Å². The molecule has 1 saturated carbocycles. The van der Waals surface area contributed by atoms with Gasteiger partial charge in [-0.05, 0) is 39.2 Å². The third-order valence-electron chi connectivity index (χ3n) is 5.05. The first-order valence-corrected chi connectivity index (χ1v) is 11.0. The fraction of sp³-hybridized carbons (Fsp3) is 0.458. The van der Waals surface area contributed by atoms with Gasteiger partial charge in [0.1, 0.15) is 12.2 Å². The molecule has 2 N–H and O–H groups in total. The van der Waals surface area contributed by atoms with Crippen LogP contribution in [0.5, 0.6) is 5.75 Å². The normalized spacial score (nSPS) is 14.5. The average Bonchev–Trinajstić information content (AvgIpc) is 2.74. The van der Waals surface area contributed by atoms with Gasteiger partial charge in [-0.15, -0.1) is 0 Å². The number of amides is 2. The van der Waals surface area contributed by atoms with Crippen LogP contribution in [0.15, 0.2) is 47.4 Å². The van der Waals surface area contributed by atoms with Gasteiger partial charge < -0.3 is 14.8 Å². The Balaban J connectivity index is 1.91. The Morgan fingerprint density at radius 1 is 1.06 bits per heavy atom. The van der Waals surface area contributed by atoms with Crippen molar-refractivity contribution in [2.45, 2.75) is 71.1 Å². The third-order valence-corrected chi connectivity index (χ3v) is 5.05. The average molecular weight is 442 g/mol. The number of hydrogen-bond acceptors (Lipinski definition) is 5. The van der Waals surface area contributed by atoms with Crippen molar-refractivity contribution < 1.29 is 19.1 Å². The molecule has 0 saturated heterocycles. The van der Waals surface area contributed by atoms with Gasteiger partial charge in [-0.1, -0.05) is 49.6 Å². The highest BCUT2D eigenvalue weighted by Gasteiger charge is 2.26. The number of pyridine rings is 1. The minimum atomic E-state index is -0.748. The summed E-state index contributed by atoms with van der Waals surface area (Å²) < 4.78 is 12.3. The van der Waals surface area contributed by atoms with E-state index in [1.807, 2.05) is 30.3 Å². The van der Waals surface area contributed by atoms with Crippen LogP contribution in [0.3, 0.4) is 0 Å². The number of carbonyl (C=O) groups is 2. The Morgan fingerprint density at radius 3 is 2.41 bits per heavy atom. The molecule has 1 aromatic heterocycles. The first kappa shape index (κ1) is 23.4. The zero-order valence-electron chi connectivity index (χ0n) is 18.8. The van der Waals surface area contributed by atoms with Crippen molar-refractivity contribution in [3.05, 3.63) is 64.1 Å². The summed E-state index contributed by atoms with van der Waals surface area (Å²) in [5.41, 5.74) is 2.14. The lowest BCUT2D eigenvalue weighted by Gasteiger charge is -2.25. The summed E-state index contributed by atoms with van der Waals surface area (Å²) in [5.74, 6) is -0.602. The zero-order valence-corrected chi connectivity index (χ0v) is 18.8. The van der Waals surface area contributed by atoms with E-state index in [0.29, 0.717) is 0 Å². The summed E-state index contributed by atoms with van der Waals surface area (Å²) in [6, 6.07) is 10.6. The van der Waals surface area contributed by atoms with Gasteiger partial charge in [0.25, 0.3) is 5.91 Å². The summed E-state index contributed by atoms with van der Waals surface area (Å²) in [6.07, 6.45) is 5.57. The summed E-state index contributed by atoms with van der Waals surface area (Å²) in [5, 5.41) is 2.99. The van der Waals surface area contributed by atoms with Crippen LogP contribution < -0.4 is 20.9 Å². The second-order valence-electron chi connectivity index (χ2n) is 8.92. The van der Waals surface area contributed by atoms with Crippen LogP contribution in [0.2, 0.25) is 0 Å². The summed E-state index contributed by atoms with van der Waals surface area (Å²) >= 11 is 0. The molecule has 2 aromatic rings. The topological polar surface area (TPSA) is 98.7 Å². The Hall–Kier alpha value is -3.29. The van der Waals surface area contributed by atoms with Crippen molar-refractivity contribution in [1.29, 1.82) is 0 Å². The van der Waals surface area contributed by atoms with Gasteiger partial charge in [0.05, 0.1) is 0 Å². The standard InChI is InChI=1S/C24H31N3O5/c1-24(2,3)32-23(30)26-27-15-14-19(28)21(31-16-17-10-6-4-7-11-17)20(27)22(29)25-18-12-8-5-9-13-18/h4,6-7,10-11,14-15,18H,5,8-9,12-13,16H2,1-3H3,(H,25,29)(H,26,30). The van der Waals surface area contributed by atoms with Crippen molar-refractivity contribution >= 4 is 12.0 Å². The van der Waals surface area contributed by atoms with Crippen molar-refractivity contribution in [3.8, 4) is 5.75 Å². The first-order valence-electron chi connectivity index (χ1n) is 11.0. The molecule has 1 aliphatic rings. The fourth-order valence-corrected chi connectivity index (χ4v) is 3.59. The second kappa shape index (κ2) is 10.3. The Kier molecular flexibility index (Phi) is 7.56. The monoisotopic (exact) mass is 441 g/mol. The van der Waals surface area contributed by atoms with Crippen LogP contribution in [0.1, 0.15) is 68.9 Å². The van der Waals surface area contributed by atoms with Crippen LogP contribution in [-0.4, -0.2) is 28.3 Å². The highest BCUT2D eigenvalue weighted by atomic mass is 16.6. The van der Waals surface area contributed by atoms with Gasteiger partial charge in [-0.2, -0.15) is 0 Å². The molecule has 1 fully saturated rings. The molecule has 0 aliphatic heterocycles. The van der Waals surface area contributed by atoms with Crippen LogP contribution in [-0.2, 0) is 11.3 Å². The van der Waals surface area contributed by atoms with E-state index in [1.54, 1.807) is 20.8 Å². The smallest absolute Gasteiger partial charge is 0.426 e. The number of rotatable bonds is 6.